The van der Waals surface area contributed by atoms with Gasteiger partial charge in [0.15, 0.2) is 0 Å². The maximum Gasteiger partial charge on any atom is 0.213 e. The predicted octanol–water partition coefficient (Wildman–Crippen LogP) is 2.69. The number of aryl methyl sites for hydroxylation is 1. The van der Waals surface area contributed by atoms with E-state index in [0.29, 0.717) is 5.88 Å². The van der Waals surface area contributed by atoms with Gasteiger partial charge in [0.25, 0.3) is 0 Å². The molecule has 0 saturated carbocycles. The molecule has 0 radical (unpaired) electrons. The molecule has 1 N–H and O–H groups in total. The van der Waals surface area contributed by atoms with Gasteiger partial charge in [-0.25, -0.2) is 4.98 Å². The molecule has 0 bridgehead atoms. The van der Waals surface area contributed by atoms with Gasteiger partial charge in [0, 0.05) is 19.2 Å². The Morgan fingerprint density at radius 1 is 1.11 bits per heavy atom. The lowest BCUT2D eigenvalue weighted by Crippen LogP contribution is -2.13. The number of pyridine rings is 1. The first-order valence-electron chi connectivity index (χ1n) is 6.04. The van der Waals surface area contributed by atoms with Gasteiger partial charge in [0.05, 0.1) is 12.8 Å². The summed E-state index contributed by atoms with van der Waals surface area (Å²) < 4.78 is 5.10. The lowest BCUT2D eigenvalue weighted by Gasteiger charge is -2.06. The summed E-state index contributed by atoms with van der Waals surface area (Å²) in [5.41, 5.74) is 3.56. The van der Waals surface area contributed by atoms with Crippen LogP contribution in [-0.4, -0.2) is 12.1 Å². The van der Waals surface area contributed by atoms with Gasteiger partial charge in [-0.2, -0.15) is 0 Å². The summed E-state index contributed by atoms with van der Waals surface area (Å²) in [5, 5.41) is 3.38. The van der Waals surface area contributed by atoms with Crippen molar-refractivity contribution >= 4 is 0 Å². The molecule has 0 aliphatic carbocycles. The van der Waals surface area contributed by atoms with Crippen molar-refractivity contribution in [3.63, 3.8) is 0 Å². The fourth-order valence-corrected chi connectivity index (χ4v) is 1.83. The van der Waals surface area contributed by atoms with Crippen molar-refractivity contribution in [2.24, 2.45) is 0 Å². The normalized spacial score (nSPS) is 10.3. The van der Waals surface area contributed by atoms with Crippen molar-refractivity contribution in [3.8, 4) is 5.88 Å². The molecule has 3 nitrogen and oxygen atoms in total. The summed E-state index contributed by atoms with van der Waals surface area (Å²) in [7, 11) is 1.63. The van der Waals surface area contributed by atoms with Gasteiger partial charge in [-0.05, 0) is 18.6 Å². The minimum absolute atomic E-state index is 0.657. The van der Waals surface area contributed by atoms with E-state index in [9.17, 15) is 0 Å². The minimum atomic E-state index is 0.657. The first-order chi connectivity index (χ1) is 8.78. The quantitative estimate of drug-likeness (QED) is 0.875. The molecule has 1 aromatic heterocycles. The Morgan fingerprint density at radius 2 is 1.94 bits per heavy atom. The third kappa shape index (κ3) is 3.57. The van der Waals surface area contributed by atoms with E-state index in [0.717, 1.165) is 18.8 Å². The van der Waals surface area contributed by atoms with Crippen LogP contribution >= 0.6 is 0 Å². The van der Waals surface area contributed by atoms with E-state index in [-0.39, 0.29) is 0 Å². The summed E-state index contributed by atoms with van der Waals surface area (Å²) in [4.78, 5) is 4.36. The second-order valence-electron chi connectivity index (χ2n) is 4.26. The van der Waals surface area contributed by atoms with Crippen LogP contribution in [0.4, 0.5) is 0 Å². The van der Waals surface area contributed by atoms with Gasteiger partial charge < -0.3 is 10.1 Å². The number of rotatable bonds is 5. The first-order valence-corrected chi connectivity index (χ1v) is 6.04. The number of hydrogen-bond acceptors (Lipinski definition) is 3. The van der Waals surface area contributed by atoms with Crippen LogP contribution < -0.4 is 10.1 Å². The standard InChI is InChI=1S/C15H18N2O/c1-12-5-3-6-13(9-12)10-16-11-14-7-4-8-15(17-14)18-2/h3-9,16H,10-11H2,1-2H3. The average molecular weight is 242 g/mol. The number of nitrogens with zero attached hydrogens (tertiary/aromatic N) is 1. The van der Waals surface area contributed by atoms with Crippen LogP contribution in [0.15, 0.2) is 42.5 Å². The Bertz CT molecular complexity index is 511. The Morgan fingerprint density at radius 3 is 2.72 bits per heavy atom. The van der Waals surface area contributed by atoms with Crippen LogP contribution in [0.2, 0.25) is 0 Å². The molecule has 1 heterocycles. The molecule has 0 saturated heterocycles. The Balaban J connectivity index is 1.88. The minimum Gasteiger partial charge on any atom is -0.481 e. The van der Waals surface area contributed by atoms with Gasteiger partial charge in [0.1, 0.15) is 0 Å². The number of hydrogen-bond donors (Lipinski definition) is 1. The Hall–Kier alpha value is -1.87. The third-order valence-electron chi connectivity index (χ3n) is 2.71. The number of benzene rings is 1. The van der Waals surface area contributed by atoms with E-state index in [2.05, 4.69) is 41.5 Å². The van der Waals surface area contributed by atoms with Gasteiger partial charge in [-0.15, -0.1) is 0 Å². The Labute approximate surface area is 108 Å². The van der Waals surface area contributed by atoms with Crippen LogP contribution in [0.5, 0.6) is 5.88 Å². The van der Waals surface area contributed by atoms with Crippen molar-refractivity contribution in [2.45, 2.75) is 20.0 Å². The number of ether oxygens (including phenoxy) is 1. The van der Waals surface area contributed by atoms with Crippen molar-refractivity contribution < 1.29 is 4.74 Å². The first kappa shape index (κ1) is 12.6. The topological polar surface area (TPSA) is 34.1 Å². The lowest BCUT2D eigenvalue weighted by atomic mass is 10.1. The summed E-state index contributed by atoms with van der Waals surface area (Å²) in [6.45, 7) is 3.69. The molecule has 0 amide bonds. The maximum absolute atomic E-state index is 5.10. The Kier molecular flexibility index (Phi) is 4.31. The van der Waals surface area contributed by atoms with E-state index >= 15 is 0 Å². The summed E-state index contributed by atoms with van der Waals surface area (Å²) >= 11 is 0. The molecule has 94 valence electrons. The molecule has 18 heavy (non-hydrogen) atoms. The second-order valence-corrected chi connectivity index (χ2v) is 4.26. The highest BCUT2D eigenvalue weighted by Crippen LogP contribution is 2.07. The van der Waals surface area contributed by atoms with Crippen molar-refractivity contribution in [1.82, 2.24) is 10.3 Å². The SMILES string of the molecule is COc1cccc(CNCc2cccc(C)c2)n1. The van der Waals surface area contributed by atoms with Crippen molar-refractivity contribution in [3.05, 3.63) is 59.3 Å². The van der Waals surface area contributed by atoms with Crippen molar-refractivity contribution in [2.75, 3.05) is 7.11 Å². The molecular formula is C15H18N2O. The van der Waals surface area contributed by atoms with E-state index in [4.69, 9.17) is 4.74 Å². The van der Waals surface area contributed by atoms with Crippen LogP contribution in [0.25, 0.3) is 0 Å². The summed E-state index contributed by atoms with van der Waals surface area (Å²) in [5.74, 6) is 0.657. The van der Waals surface area contributed by atoms with Crippen molar-refractivity contribution in [1.29, 1.82) is 0 Å². The summed E-state index contributed by atoms with van der Waals surface area (Å²) in [6.07, 6.45) is 0. The highest BCUT2D eigenvalue weighted by atomic mass is 16.5. The van der Waals surface area contributed by atoms with Crippen LogP contribution in [0.3, 0.4) is 0 Å². The van der Waals surface area contributed by atoms with E-state index in [1.54, 1.807) is 7.11 Å². The molecule has 2 rings (SSSR count). The van der Waals surface area contributed by atoms with Gasteiger partial charge in [0.2, 0.25) is 5.88 Å². The lowest BCUT2D eigenvalue weighted by molar-refractivity contribution is 0.395. The zero-order chi connectivity index (χ0) is 12.8. The largest absolute Gasteiger partial charge is 0.481 e. The smallest absolute Gasteiger partial charge is 0.213 e. The molecule has 0 fully saturated rings. The fraction of sp³-hybridized carbons (Fsp3) is 0.267. The molecule has 0 unspecified atom stereocenters. The molecule has 0 aliphatic heterocycles. The molecule has 2 aromatic rings. The molecule has 0 atom stereocenters. The highest BCUT2D eigenvalue weighted by molar-refractivity contribution is 5.22. The van der Waals surface area contributed by atoms with Crippen LogP contribution in [-0.2, 0) is 13.1 Å². The van der Waals surface area contributed by atoms with E-state index in [1.165, 1.54) is 11.1 Å². The number of methoxy groups -OCH3 is 1. The zero-order valence-electron chi connectivity index (χ0n) is 10.8. The zero-order valence-corrected chi connectivity index (χ0v) is 10.8. The van der Waals surface area contributed by atoms with Crippen LogP contribution in [0, 0.1) is 6.92 Å². The molecular weight excluding hydrogens is 224 g/mol. The molecule has 0 aliphatic rings. The van der Waals surface area contributed by atoms with E-state index in [1.807, 2.05) is 18.2 Å². The maximum atomic E-state index is 5.10. The van der Waals surface area contributed by atoms with Crippen LogP contribution in [0.1, 0.15) is 16.8 Å². The number of aromatic nitrogens is 1. The van der Waals surface area contributed by atoms with Gasteiger partial charge >= 0.3 is 0 Å². The molecule has 1 aromatic carbocycles. The molecule has 0 spiro atoms. The predicted molar refractivity (Wildman–Crippen MR) is 72.5 cm³/mol. The summed E-state index contributed by atoms with van der Waals surface area (Å²) in [6, 6.07) is 14.3. The monoisotopic (exact) mass is 242 g/mol. The highest BCUT2D eigenvalue weighted by Gasteiger charge is 1.98. The molecule has 3 heteroatoms. The number of nitrogens with one attached hydrogen (secondary N) is 1. The van der Waals surface area contributed by atoms with E-state index < -0.39 is 0 Å². The fourth-order valence-electron chi connectivity index (χ4n) is 1.83. The second kappa shape index (κ2) is 6.17. The third-order valence-corrected chi connectivity index (χ3v) is 2.71. The average Bonchev–Trinajstić information content (AvgIpc) is 2.39. The van der Waals surface area contributed by atoms with Gasteiger partial charge in [-0.1, -0.05) is 35.9 Å². The van der Waals surface area contributed by atoms with Gasteiger partial charge in [-0.3, -0.25) is 0 Å².